The lowest BCUT2D eigenvalue weighted by atomic mass is 9.77. The maximum absolute atomic E-state index is 9.82. The summed E-state index contributed by atoms with van der Waals surface area (Å²) < 4.78 is 0. The van der Waals surface area contributed by atoms with Gasteiger partial charge in [-0.15, -0.1) is 11.3 Å². The van der Waals surface area contributed by atoms with E-state index >= 15 is 0 Å². The van der Waals surface area contributed by atoms with E-state index in [9.17, 15) is 10.2 Å². The minimum absolute atomic E-state index is 0.134. The second-order valence-electron chi connectivity index (χ2n) is 4.94. The normalized spacial score (nSPS) is 11.8. The Morgan fingerprint density at radius 3 is 2.50 bits per heavy atom. The molecule has 1 aromatic heterocycles. The Morgan fingerprint density at radius 2 is 1.95 bits per heavy atom. The monoisotopic (exact) mass is 311 g/mol. The van der Waals surface area contributed by atoms with Gasteiger partial charge in [-0.25, -0.2) is 4.98 Å². The molecule has 0 atom stereocenters. The Balaban J connectivity index is 2.26. The third-order valence-electron chi connectivity index (χ3n) is 3.73. The number of thiazole rings is 1. The molecule has 0 saturated carbocycles. The van der Waals surface area contributed by atoms with Gasteiger partial charge in [0.2, 0.25) is 0 Å². The Hall–Kier alpha value is -0.940. The number of hydrogen-bond donors (Lipinski definition) is 2. The number of aromatic nitrogens is 1. The first kappa shape index (κ1) is 15.4. The Morgan fingerprint density at radius 1 is 1.25 bits per heavy atom. The molecule has 0 amide bonds. The van der Waals surface area contributed by atoms with Gasteiger partial charge in [-0.2, -0.15) is 0 Å². The minimum atomic E-state index is -0.714. The predicted octanol–water partition coefficient (Wildman–Crippen LogP) is 2.96. The molecule has 1 heterocycles. The molecule has 0 saturated heterocycles. The number of aliphatic hydroxyl groups is 2. The van der Waals surface area contributed by atoms with Crippen molar-refractivity contribution in [1.82, 2.24) is 4.98 Å². The Kier molecular flexibility index (Phi) is 5.16. The lowest BCUT2D eigenvalue weighted by Crippen LogP contribution is -2.35. The van der Waals surface area contributed by atoms with Crippen LogP contribution in [0.2, 0.25) is 5.02 Å². The third kappa shape index (κ3) is 3.04. The second-order valence-corrected chi connectivity index (χ2v) is 6.28. The zero-order valence-electron chi connectivity index (χ0n) is 11.3. The molecule has 20 heavy (non-hydrogen) atoms. The van der Waals surface area contributed by atoms with Crippen LogP contribution < -0.4 is 0 Å². The van der Waals surface area contributed by atoms with E-state index in [-0.39, 0.29) is 13.2 Å². The summed E-state index contributed by atoms with van der Waals surface area (Å²) in [4.78, 5) is 5.41. The van der Waals surface area contributed by atoms with E-state index < -0.39 is 5.41 Å². The van der Waals surface area contributed by atoms with Gasteiger partial charge in [0.05, 0.1) is 24.4 Å². The highest BCUT2D eigenvalue weighted by atomic mass is 35.5. The second kappa shape index (κ2) is 6.68. The van der Waals surface area contributed by atoms with Crippen LogP contribution >= 0.6 is 22.9 Å². The van der Waals surface area contributed by atoms with Crippen molar-refractivity contribution in [3.63, 3.8) is 0 Å². The van der Waals surface area contributed by atoms with Gasteiger partial charge in [0.1, 0.15) is 0 Å². The molecule has 2 N–H and O–H groups in total. The first-order valence-electron chi connectivity index (χ1n) is 6.48. The summed E-state index contributed by atoms with van der Waals surface area (Å²) in [6.45, 7) is 1.71. The summed E-state index contributed by atoms with van der Waals surface area (Å²) in [7, 11) is 0. The molecule has 2 rings (SSSR count). The first-order chi connectivity index (χ1) is 9.63. The molecule has 108 valence electrons. The van der Waals surface area contributed by atoms with E-state index in [1.165, 1.54) is 4.88 Å². The number of benzene rings is 1. The molecule has 0 unspecified atom stereocenters. The molecule has 0 spiro atoms. The van der Waals surface area contributed by atoms with Crippen LogP contribution in [0.25, 0.3) is 0 Å². The van der Waals surface area contributed by atoms with E-state index in [1.54, 1.807) is 17.4 Å². The number of halogens is 1. The van der Waals surface area contributed by atoms with Crippen LogP contribution in [0.1, 0.15) is 22.6 Å². The predicted molar refractivity (Wildman–Crippen MR) is 82.5 cm³/mol. The third-order valence-corrected chi connectivity index (χ3v) is 5.05. The van der Waals surface area contributed by atoms with Crippen LogP contribution in [0.4, 0.5) is 0 Å². The van der Waals surface area contributed by atoms with E-state index in [4.69, 9.17) is 11.6 Å². The van der Waals surface area contributed by atoms with Gasteiger partial charge in [-0.1, -0.05) is 29.8 Å². The zero-order chi connectivity index (χ0) is 14.6. The van der Waals surface area contributed by atoms with Crippen molar-refractivity contribution in [2.24, 2.45) is 0 Å². The molecule has 0 aliphatic heterocycles. The van der Waals surface area contributed by atoms with Crippen LogP contribution in [0, 0.1) is 6.92 Å². The fraction of sp³-hybridized carbons (Fsp3) is 0.400. The first-order valence-corrected chi connectivity index (χ1v) is 7.74. The zero-order valence-corrected chi connectivity index (χ0v) is 12.9. The lowest BCUT2D eigenvalue weighted by molar-refractivity contribution is 0.110. The van der Waals surface area contributed by atoms with Crippen molar-refractivity contribution in [3.05, 3.63) is 50.9 Å². The summed E-state index contributed by atoms with van der Waals surface area (Å²) in [5.41, 5.74) is 2.92. The van der Waals surface area contributed by atoms with Crippen molar-refractivity contribution < 1.29 is 10.2 Å². The van der Waals surface area contributed by atoms with E-state index in [0.717, 1.165) is 17.7 Å². The van der Waals surface area contributed by atoms with Gasteiger partial charge < -0.3 is 10.2 Å². The van der Waals surface area contributed by atoms with E-state index in [2.05, 4.69) is 4.98 Å². The number of hydrogen-bond acceptors (Lipinski definition) is 4. The fourth-order valence-corrected chi connectivity index (χ4v) is 3.44. The highest BCUT2D eigenvalue weighted by Gasteiger charge is 2.32. The molecule has 0 radical (unpaired) electrons. The quantitative estimate of drug-likeness (QED) is 0.862. The highest BCUT2D eigenvalue weighted by molar-refractivity contribution is 7.09. The van der Waals surface area contributed by atoms with Crippen LogP contribution in [-0.4, -0.2) is 28.4 Å². The SMILES string of the molecule is Cc1ncsc1CCC(CO)(CO)c1ccccc1Cl. The molecular weight excluding hydrogens is 294 g/mol. The molecule has 0 aliphatic carbocycles. The fourth-order valence-electron chi connectivity index (χ4n) is 2.32. The maximum Gasteiger partial charge on any atom is 0.0797 e. The maximum atomic E-state index is 9.82. The Labute approximate surface area is 127 Å². The van der Waals surface area contributed by atoms with Crippen LogP contribution in [0.3, 0.4) is 0 Å². The molecule has 1 aromatic carbocycles. The van der Waals surface area contributed by atoms with Gasteiger partial charge in [-0.3, -0.25) is 0 Å². The lowest BCUT2D eigenvalue weighted by Gasteiger charge is -2.31. The molecular formula is C15H18ClNO2S. The van der Waals surface area contributed by atoms with Gasteiger partial charge in [0.25, 0.3) is 0 Å². The van der Waals surface area contributed by atoms with Gasteiger partial charge in [0, 0.05) is 15.3 Å². The summed E-state index contributed by atoms with van der Waals surface area (Å²) in [5, 5.41) is 20.2. The van der Waals surface area contributed by atoms with E-state index in [0.29, 0.717) is 11.4 Å². The van der Waals surface area contributed by atoms with Gasteiger partial charge in [-0.05, 0) is 31.4 Å². The van der Waals surface area contributed by atoms with E-state index in [1.807, 2.05) is 30.6 Å². The van der Waals surface area contributed by atoms with Crippen LogP contribution in [0.15, 0.2) is 29.8 Å². The standard InChI is InChI=1S/C15H18ClNO2S/c1-11-14(20-10-17-11)6-7-15(8-18,9-19)12-4-2-3-5-13(12)16/h2-5,10,18-19H,6-9H2,1H3. The number of aliphatic hydroxyl groups excluding tert-OH is 2. The smallest absolute Gasteiger partial charge is 0.0797 e. The molecule has 0 bridgehead atoms. The van der Waals surface area contributed by atoms with Gasteiger partial charge >= 0.3 is 0 Å². The van der Waals surface area contributed by atoms with Crippen molar-refractivity contribution in [1.29, 1.82) is 0 Å². The van der Waals surface area contributed by atoms with Crippen molar-refractivity contribution in [3.8, 4) is 0 Å². The summed E-state index contributed by atoms with van der Waals surface area (Å²) in [6.07, 6.45) is 1.40. The highest BCUT2D eigenvalue weighted by Crippen LogP contribution is 2.34. The Bertz CT molecular complexity index is 567. The summed E-state index contributed by atoms with van der Waals surface area (Å²) >= 11 is 7.83. The number of rotatable bonds is 6. The minimum Gasteiger partial charge on any atom is -0.395 e. The summed E-state index contributed by atoms with van der Waals surface area (Å²) in [6, 6.07) is 7.38. The molecule has 3 nitrogen and oxygen atoms in total. The molecule has 2 aromatic rings. The van der Waals surface area contributed by atoms with Crippen molar-refractivity contribution in [2.45, 2.75) is 25.2 Å². The van der Waals surface area contributed by atoms with Crippen molar-refractivity contribution >= 4 is 22.9 Å². The van der Waals surface area contributed by atoms with Crippen molar-refractivity contribution in [2.75, 3.05) is 13.2 Å². The summed E-state index contributed by atoms with van der Waals surface area (Å²) in [5.74, 6) is 0. The molecule has 0 fully saturated rings. The van der Waals surface area contributed by atoms with Crippen LogP contribution in [-0.2, 0) is 11.8 Å². The topological polar surface area (TPSA) is 53.4 Å². The van der Waals surface area contributed by atoms with Crippen LogP contribution in [0.5, 0.6) is 0 Å². The molecule has 0 aliphatic rings. The van der Waals surface area contributed by atoms with Gasteiger partial charge in [0.15, 0.2) is 0 Å². The largest absolute Gasteiger partial charge is 0.395 e. The average molecular weight is 312 g/mol. The molecule has 5 heteroatoms. The average Bonchev–Trinajstić information content (AvgIpc) is 2.87. The number of nitrogens with zero attached hydrogens (tertiary/aromatic N) is 1. The number of aryl methyl sites for hydroxylation is 2.